The first-order chi connectivity index (χ1) is 14.1. The third-order valence-electron chi connectivity index (χ3n) is 3.95. The van der Waals surface area contributed by atoms with Gasteiger partial charge in [0.2, 0.25) is 23.6 Å². The number of hydrogen-bond acceptors (Lipinski definition) is 9. The zero-order chi connectivity index (χ0) is 23.3. The number of amides is 4. The van der Waals surface area contributed by atoms with Crippen molar-refractivity contribution < 1.29 is 34.2 Å². The van der Waals surface area contributed by atoms with Gasteiger partial charge in [-0.2, -0.15) is 12.6 Å². The molecule has 0 aliphatic heterocycles. The average molecular weight is 451 g/mol. The second kappa shape index (κ2) is 14.5. The van der Waals surface area contributed by atoms with Crippen LogP contribution in [-0.2, 0) is 24.0 Å². The highest BCUT2D eigenvalue weighted by molar-refractivity contribution is 7.80. The molecule has 0 radical (unpaired) electrons. The third kappa shape index (κ3) is 10.4. The third-order valence-corrected chi connectivity index (χ3v) is 4.31. The second-order valence-corrected chi connectivity index (χ2v) is 6.81. The van der Waals surface area contributed by atoms with Crippen molar-refractivity contribution in [1.82, 2.24) is 16.0 Å². The van der Waals surface area contributed by atoms with Crippen LogP contribution in [0.15, 0.2) is 0 Å². The molecule has 0 saturated heterocycles. The molecule has 0 saturated carbocycles. The van der Waals surface area contributed by atoms with Crippen molar-refractivity contribution in [2.24, 2.45) is 17.2 Å². The van der Waals surface area contributed by atoms with Crippen LogP contribution in [0.2, 0.25) is 0 Å². The van der Waals surface area contributed by atoms with Crippen LogP contribution in [0.4, 0.5) is 0 Å². The van der Waals surface area contributed by atoms with Gasteiger partial charge in [0, 0.05) is 5.75 Å². The molecule has 0 fully saturated rings. The molecule has 0 aromatic rings. The van der Waals surface area contributed by atoms with Crippen LogP contribution in [-0.4, -0.2) is 82.9 Å². The van der Waals surface area contributed by atoms with E-state index in [4.69, 9.17) is 27.4 Å². The fourth-order valence-electron chi connectivity index (χ4n) is 2.26. The molecule has 172 valence electrons. The number of nitrogens with one attached hydrogen (secondary N) is 3. The Kier molecular flexibility index (Phi) is 13.4. The first-order valence-electron chi connectivity index (χ1n) is 9.16. The van der Waals surface area contributed by atoms with E-state index in [1.165, 1.54) is 0 Å². The van der Waals surface area contributed by atoms with Crippen molar-refractivity contribution in [2.45, 2.75) is 49.9 Å². The predicted octanol–water partition coefficient (Wildman–Crippen LogP) is -4.22. The van der Waals surface area contributed by atoms with Crippen molar-refractivity contribution in [1.29, 1.82) is 0 Å². The monoisotopic (exact) mass is 450 g/mol. The van der Waals surface area contributed by atoms with Crippen LogP contribution in [0, 0.1) is 0 Å². The van der Waals surface area contributed by atoms with Gasteiger partial charge in [0.1, 0.15) is 24.2 Å². The number of aliphatic hydroxyl groups is 1. The summed E-state index contributed by atoms with van der Waals surface area (Å²) in [5.41, 5.74) is 15.9. The van der Waals surface area contributed by atoms with Crippen molar-refractivity contribution in [3.8, 4) is 0 Å². The quantitative estimate of drug-likeness (QED) is 0.0866. The Morgan fingerprint density at radius 1 is 0.900 bits per heavy atom. The summed E-state index contributed by atoms with van der Waals surface area (Å²) in [6, 6.07) is -5.22. The molecular weight excluding hydrogens is 420 g/mol. The van der Waals surface area contributed by atoms with Crippen LogP contribution in [0.3, 0.4) is 0 Å². The summed E-state index contributed by atoms with van der Waals surface area (Å²) in [7, 11) is 0. The maximum atomic E-state index is 12.6. The number of rotatable bonds is 15. The van der Waals surface area contributed by atoms with E-state index in [1.807, 2.05) is 0 Å². The molecule has 0 aromatic heterocycles. The normalized spacial score (nSPS) is 14.7. The molecule has 4 amide bonds. The smallest absolute Gasteiger partial charge is 0.327 e. The zero-order valence-corrected chi connectivity index (χ0v) is 17.3. The maximum absolute atomic E-state index is 12.6. The highest BCUT2D eigenvalue weighted by Gasteiger charge is 2.30. The van der Waals surface area contributed by atoms with E-state index in [0.29, 0.717) is 19.4 Å². The summed E-state index contributed by atoms with van der Waals surface area (Å²) >= 11 is 3.86. The molecule has 0 spiro atoms. The van der Waals surface area contributed by atoms with Crippen molar-refractivity contribution >= 4 is 42.2 Å². The van der Waals surface area contributed by atoms with E-state index in [9.17, 15) is 24.0 Å². The van der Waals surface area contributed by atoms with Gasteiger partial charge in [-0.15, -0.1) is 0 Å². The van der Waals surface area contributed by atoms with E-state index in [2.05, 4.69) is 28.6 Å². The number of hydrogen-bond donors (Lipinski definition) is 9. The fourth-order valence-corrected chi connectivity index (χ4v) is 2.51. The minimum Gasteiger partial charge on any atom is -0.480 e. The van der Waals surface area contributed by atoms with Crippen molar-refractivity contribution in [3.63, 3.8) is 0 Å². The molecule has 30 heavy (non-hydrogen) atoms. The molecule has 0 heterocycles. The minimum absolute atomic E-state index is 0.126. The lowest BCUT2D eigenvalue weighted by atomic mass is 10.1. The average Bonchev–Trinajstić information content (AvgIpc) is 2.69. The molecule has 11 N–H and O–H groups in total. The fraction of sp³-hybridized carbons (Fsp3) is 0.688. The number of carboxylic acid groups (broad SMARTS) is 1. The summed E-state index contributed by atoms with van der Waals surface area (Å²) in [6.45, 7) is -0.350. The van der Waals surface area contributed by atoms with Crippen LogP contribution < -0.4 is 33.2 Å². The number of carbonyl (C=O) groups is 5. The van der Waals surface area contributed by atoms with Gasteiger partial charge >= 0.3 is 5.97 Å². The van der Waals surface area contributed by atoms with Crippen LogP contribution in [0.25, 0.3) is 0 Å². The molecule has 0 bridgehead atoms. The maximum Gasteiger partial charge on any atom is 0.327 e. The summed E-state index contributed by atoms with van der Waals surface area (Å²) < 4.78 is 0. The van der Waals surface area contributed by atoms with E-state index in [-0.39, 0.29) is 12.2 Å². The standard InChI is InChI=1S/C16H30N6O7S/c17-4-2-1-3-9(14(26)22-11(7-30)16(28)29)20-15(27)10(5-12(19)24)21-13(25)8(18)6-23/h8-11,23,30H,1-7,17-18H2,(H2,19,24)(H,20,27)(H,21,25)(H,22,26)(H,28,29). The van der Waals surface area contributed by atoms with Gasteiger partial charge < -0.3 is 43.4 Å². The molecule has 0 aliphatic rings. The first-order valence-corrected chi connectivity index (χ1v) is 9.80. The molecule has 13 nitrogen and oxygen atoms in total. The summed E-state index contributed by atoms with van der Waals surface area (Å²) in [5, 5.41) is 24.8. The molecule has 0 rings (SSSR count). The Morgan fingerprint density at radius 2 is 1.43 bits per heavy atom. The van der Waals surface area contributed by atoms with Crippen LogP contribution >= 0.6 is 12.6 Å². The molecule has 4 atom stereocenters. The van der Waals surface area contributed by atoms with Gasteiger partial charge in [0.15, 0.2) is 0 Å². The van der Waals surface area contributed by atoms with E-state index >= 15 is 0 Å². The number of carboxylic acids is 1. The number of unbranched alkanes of at least 4 members (excludes halogenated alkanes) is 1. The number of aliphatic carboxylic acids is 1. The van der Waals surface area contributed by atoms with Gasteiger partial charge in [-0.3, -0.25) is 19.2 Å². The highest BCUT2D eigenvalue weighted by atomic mass is 32.1. The van der Waals surface area contributed by atoms with Crippen LogP contribution in [0.1, 0.15) is 25.7 Å². The van der Waals surface area contributed by atoms with Crippen LogP contribution in [0.5, 0.6) is 0 Å². The van der Waals surface area contributed by atoms with Gasteiger partial charge in [0.25, 0.3) is 0 Å². The first kappa shape index (κ1) is 27.6. The zero-order valence-electron chi connectivity index (χ0n) is 16.4. The lowest BCUT2D eigenvalue weighted by Gasteiger charge is -2.24. The number of nitrogens with two attached hydrogens (primary N) is 3. The SMILES string of the molecule is NCCCCC(NC(=O)C(CC(N)=O)NC(=O)C(N)CO)C(=O)NC(CS)C(=O)O. The number of carbonyl (C=O) groups excluding carboxylic acids is 4. The number of primary amides is 1. The van der Waals surface area contributed by atoms with E-state index in [1.54, 1.807) is 0 Å². The van der Waals surface area contributed by atoms with E-state index in [0.717, 1.165) is 0 Å². The molecular formula is C16H30N6O7S. The topological polar surface area (TPSA) is 240 Å². The molecule has 0 aliphatic carbocycles. The van der Waals surface area contributed by atoms with E-state index < -0.39 is 66.8 Å². The van der Waals surface area contributed by atoms with Crippen molar-refractivity contribution in [2.75, 3.05) is 18.9 Å². The highest BCUT2D eigenvalue weighted by Crippen LogP contribution is 2.04. The molecule has 4 unspecified atom stereocenters. The summed E-state index contributed by atoms with van der Waals surface area (Å²) in [6.07, 6.45) is 0.527. The lowest BCUT2D eigenvalue weighted by molar-refractivity contribution is -0.141. The Balaban J connectivity index is 5.38. The Morgan fingerprint density at radius 3 is 1.90 bits per heavy atom. The predicted molar refractivity (Wildman–Crippen MR) is 109 cm³/mol. The lowest BCUT2D eigenvalue weighted by Crippen LogP contribution is -2.58. The van der Waals surface area contributed by atoms with Gasteiger partial charge in [-0.1, -0.05) is 0 Å². The number of aliphatic hydroxyl groups excluding tert-OH is 1. The van der Waals surface area contributed by atoms with Gasteiger partial charge in [-0.05, 0) is 25.8 Å². The Bertz CT molecular complexity index is 621. The summed E-state index contributed by atoms with van der Waals surface area (Å²) in [5.74, 6) is -4.97. The Hall–Kier alpha value is -2.42. The summed E-state index contributed by atoms with van der Waals surface area (Å²) in [4.78, 5) is 59.3. The minimum atomic E-state index is -1.45. The number of thiol groups is 1. The van der Waals surface area contributed by atoms with Gasteiger partial charge in [-0.25, -0.2) is 4.79 Å². The molecule has 0 aromatic carbocycles. The second-order valence-electron chi connectivity index (χ2n) is 6.45. The largest absolute Gasteiger partial charge is 0.480 e. The Labute approximate surface area is 178 Å². The van der Waals surface area contributed by atoms with Crippen molar-refractivity contribution in [3.05, 3.63) is 0 Å². The van der Waals surface area contributed by atoms with Gasteiger partial charge in [0.05, 0.1) is 13.0 Å². The molecule has 14 heteroatoms.